The Balaban J connectivity index is 2.49. The van der Waals surface area contributed by atoms with Crippen LogP contribution in [0.15, 0.2) is 24.5 Å². The highest BCUT2D eigenvalue weighted by Gasteiger charge is 2.16. The van der Waals surface area contributed by atoms with E-state index in [-0.39, 0.29) is 0 Å². The summed E-state index contributed by atoms with van der Waals surface area (Å²) in [4.78, 5) is 4.41. The van der Waals surface area contributed by atoms with Crippen molar-refractivity contribution in [1.29, 1.82) is 0 Å². The molecule has 0 bridgehead atoms. The molecule has 0 aliphatic carbocycles. The van der Waals surface area contributed by atoms with Crippen LogP contribution in [0.5, 0.6) is 17.2 Å². The van der Waals surface area contributed by atoms with E-state index in [2.05, 4.69) is 23.4 Å². The smallest absolute Gasteiger partial charge is 0.203 e. The van der Waals surface area contributed by atoms with Gasteiger partial charge in [-0.25, -0.2) is 4.98 Å². The van der Waals surface area contributed by atoms with Crippen molar-refractivity contribution >= 4 is 0 Å². The van der Waals surface area contributed by atoms with Gasteiger partial charge in [-0.2, -0.15) is 0 Å². The van der Waals surface area contributed by atoms with Gasteiger partial charge in [0.2, 0.25) is 5.75 Å². The number of benzene rings is 1. The fourth-order valence-electron chi connectivity index (χ4n) is 2.18. The summed E-state index contributed by atoms with van der Waals surface area (Å²) >= 11 is 0. The molecule has 21 heavy (non-hydrogen) atoms. The Bertz CT molecular complexity index is 568. The number of nitrogens with zero attached hydrogens (tertiary/aromatic N) is 2. The van der Waals surface area contributed by atoms with E-state index in [4.69, 9.17) is 14.2 Å². The molecule has 5 nitrogen and oxygen atoms in total. The second-order valence-corrected chi connectivity index (χ2v) is 4.60. The van der Waals surface area contributed by atoms with Crippen molar-refractivity contribution in [3.05, 3.63) is 24.5 Å². The number of hydrogen-bond donors (Lipinski definition) is 0. The Morgan fingerprint density at radius 1 is 1.10 bits per heavy atom. The van der Waals surface area contributed by atoms with Gasteiger partial charge in [-0.05, 0) is 25.5 Å². The van der Waals surface area contributed by atoms with E-state index in [1.54, 1.807) is 20.4 Å². The van der Waals surface area contributed by atoms with Gasteiger partial charge in [-0.15, -0.1) is 0 Å². The van der Waals surface area contributed by atoms with Gasteiger partial charge in [0.25, 0.3) is 0 Å². The van der Waals surface area contributed by atoms with E-state index in [0.29, 0.717) is 23.9 Å². The zero-order valence-corrected chi connectivity index (χ0v) is 13.0. The minimum atomic E-state index is 0.621. The zero-order valence-electron chi connectivity index (χ0n) is 13.0. The molecule has 2 aromatic rings. The first-order valence-corrected chi connectivity index (χ1v) is 7.15. The predicted octanol–water partition coefficient (Wildman–Crippen LogP) is 3.38. The Hall–Kier alpha value is -2.17. The van der Waals surface area contributed by atoms with E-state index in [9.17, 15) is 0 Å². The maximum absolute atomic E-state index is 5.75. The molecule has 0 spiro atoms. The van der Waals surface area contributed by atoms with Crippen LogP contribution in [0.1, 0.15) is 20.3 Å². The minimum Gasteiger partial charge on any atom is -0.493 e. The number of methoxy groups -OCH3 is 2. The van der Waals surface area contributed by atoms with Crippen LogP contribution in [0.3, 0.4) is 0 Å². The lowest BCUT2D eigenvalue weighted by Crippen LogP contribution is -2.02. The third-order valence-electron chi connectivity index (χ3n) is 3.23. The Morgan fingerprint density at radius 3 is 2.29 bits per heavy atom. The largest absolute Gasteiger partial charge is 0.493 e. The van der Waals surface area contributed by atoms with Crippen molar-refractivity contribution in [2.45, 2.75) is 26.8 Å². The summed E-state index contributed by atoms with van der Waals surface area (Å²) in [6.07, 6.45) is 4.67. The first-order valence-electron chi connectivity index (χ1n) is 7.15. The topological polar surface area (TPSA) is 45.5 Å². The summed E-state index contributed by atoms with van der Waals surface area (Å²) in [5.74, 6) is 2.84. The van der Waals surface area contributed by atoms with E-state index in [0.717, 1.165) is 24.4 Å². The summed E-state index contributed by atoms with van der Waals surface area (Å²) in [5, 5.41) is 0. The Labute approximate surface area is 125 Å². The molecule has 1 aromatic heterocycles. The third kappa shape index (κ3) is 3.12. The number of aryl methyl sites for hydroxylation is 1. The molecule has 0 unspecified atom stereocenters. The molecule has 0 atom stereocenters. The number of imidazole rings is 1. The monoisotopic (exact) mass is 290 g/mol. The van der Waals surface area contributed by atoms with Gasteiger partial charge in [0, 0.05) is 24.5 Å². The van der Waals surface area contributed by atoms with Crippen molar-refractivity contribution < 1.29 is 14.2 Å². The molecule has 0 N–H and O–H groups in total. The molecule has 5 heteroatoms. The molecule has 114 valence electrons. The molecule has 1 heterocycles. The fraction of sp³-hybridized carbons (Fsp3) is 0.438. The van der Waals surface area contributed by atoms with Crippen LogP contribution in [0.2, 0.25) is 0 Å². The van der Waals surface area contributed by atoms with Crippen LogP contribution in [-0.2, 0) is 6.54 Å². The standard InChI is InChI=1S/C16H22N2O3/c1-5-9-21-15-13(19-3)10-12(11-14(15)20-4)16-17-7-8-18(16)6-2/h7-8,10-11H,5-6,9H2,1-4H3. The van der Waals surface area contributed by atoms with Crippen LogP contribution in [0, 0.1) is 0 Å². The average molecular weight is 290 g/mol. The van der Waals surface area contributed by atoms with Crippen molar-refractivity contribution in [3.63, 3.8) is 0 Å². The molecule has 0 aliphatic rings. The van der Waals surface area contributed by atoms with E-state index < -0.39 is 0 Å². The summed E-state index contributed by atoms with van der Waals surface area (Å²) in [7, 11) is 3.26. The SMILES string of the molecule is CCCOc1c(OC)cc(-c2nccn2CC)cc1OC. The minimum absolute atomic E-state index is 0.621. The van der Waals surface area contributed by atoms with Crippen LogP contribution in [0.25, 0.3) is 11.4 Å². The maximum atomic E-state index is 5.75. The predicted molar refractivity (Wildman–Crippen MR) is 82.2 cm³/mol. The van der Waals surface area contributed by atoms with Crippen molar-refractivity contribution in [3.8, 4) is 28.6 Å². The first kappa shape index (κ1) is 15.2. The quantitative estimate of drug-likeness (QED) is 0.784. The third-order valence-corrected chi connectivity index (χ3v) is 3.23. The highest BCUT2D eigenvalue weighted by Crippen LogP contribution is 2.41. The second-order valence-electron chi connectivity index (χ2n) is 4.60. The molecule has 0 radical (unpaired) electrons. The van der Waals surface area contributed by atoms with Crippen molar-refractivity contribution in [2.24, 2.45) is 0 Å². The molecule has 0 amide bonds. The molecule has 2 rings (SSSR count). The van der Waals surface area contributed by atoms with Gasteiger partial charge in [0.15, 0.2) is 11.5 Å². The summed E-state index contributed by atoms with van der Waals surface area (Å²) in [6, 6.07) is 3.87. The number of ether oxygens (including phenoxy) is 3. The molecule has 0 saturated heterocycles. The molecule has 0 saturated carbocycles. The van der Waals surface area contributed by atoms with Crippen LogP contribution in [-0.4, -0.2) is 30.4 Å². The fourth-order valence-corrected chi connectivity index (χ4v) is 2.18. The van der Waals surface area contributed by atoms with E-state index in [1.807, 2.05) is 18.3 Å². The van der Waals surface area contributed by atoms with Crippen LogP contribution >= 0.6 is 0 Å². The van der Waals surface area contributed by atoms with Gasteiger partial charge in [-0.3, -0.25) is 0 Å². The molecular formula is C16H22N2O3. The normalized spacial score (nSPS) is 10.5. The number of hydrogen-bond acceptors (Lipinski definition) is 4. The number of aromatic nitrogens is 2. The van der Waals surface area contributed by atoms with Gasteiger partial charge in [0.1, 0.15) is 5.82 Å². The summed E-state index contributed by atoms with van der Waals surface area (Å²) in [6.45, 7) is 5.62. The van der Waals surface area contributed by atoms with Gasteiger partial charge in [0.05, 0.1) is 20.8 Å². The Kier molecular flexibility index (Phi) is 5.09. The molecular weight excluding hydrogens is 268 g/mol. The molecule has 1 aromatic carbocycles. The number of rotatable bonds is 7. The molecule has 0 aliphatic heterocycles. The van der Waals surface area contributed by atoms with E-state index >= 15 is 0 Å². The lowest BCUT2D eigenvalue weighted by molar-refractivity contribution is 0.275. The lowest BCUT2D eigenvalue weighted by Gasteiger charge is -2.16. The van der Waals surface area contributed by atoms with E-state index in [1.165, 1.54) is 0 Å². The summed E-state index contributed by atoms with van der Waals surface area (Å²) < 4.78 is 18.7. The average Bonchev–Trinajstić information content (AvgIpc) is 3.00. The van der Waals surface area contributed by atoms with Gasteiger partial charge < -0.3 is 18.8 Å². The van der Waals surface area contributed by atoms with Crippen LogP contribution < -0.4 is 14.2 Å². The summed E-state index contributed by atoms with van der Waals surface area (Å²) in [5.41, 5.74) is 0.944. The molecule has 0 fully saturated rings. The highest BCUT2D eigenvalue weighted by molar-refractivity contribution is 5.67. The van der Waals surface area contributed by atoms with Crippen molar-refractivity contribution in [1.82, 2.24) is 9.55 Å². The maximum Gasteiger partial charge on any atom is 0.203 e. The lowest BCUT2D eigenvalue weighted by atomic mass is 10.1. The zero-order chi connectivity index (χ0) is 15.2. The second kappa shape index (κ2) is 7.02. The van der Waals surface area contributed by atoms with Gasteiger partial charge in [-0.1, -0.05) is 6.92 Å². The van der Waals surface area contributed by atoms with Gasteiger partial charge >= 0.3 is 0 Å². The van der Waals surface area contributed by atoms with Crippen LogP contribution in [0.4, 0.5) is 0 Å². The Morgan fingerprint density at radius 2 is 1.76 bits per heavy atom. The van der Waals surface area contributed by atoms with Crippen molar-refractivity contribution in [2.75, 3.05) is 20.8 Å². The highest BCUT2D eigenvalue weighted by atomic mass is 16.5. The first-order chi connectivity index (χ1) is 10.2.